The number of nitrogens with zero attached hydrogens (tertiary/aromatic N) is 4. The Balaban J connectivity index is 1.32. The van der Waals surface area contributed by atoms with E-state index in [1.807, 2.05) is 54.5 Å². The summed E-state index contributed by atoms with van der Waals surface area (Å²) in [5.74, 6) is 2.75. The lowest BCUT2D eigenvalue weighted by Crippen LogP contribution is -2.50. The van der Waals surface area contributed by atoms with Gasteiger partial charge in [0.15, 0.2) is 0 Å². The third-order valence-electron chi connectivity index (χ3n) is 6.57. The number of hydrogen-bond donors (Lipinski definition) is 0. The van der Waals surface area contributed by atoms with Crippen molar-refractivity contribution >= 4 is 28.8 Å². The maximum absolute atomic E-state index is 5.61. The monoisotopic (exact) mass is 436 g/mol. The van der Waals surface area contributed by atoms with E-state index in [0.717, 1.165) is 65.7 Å². The van der Waals surface area contributed by atoms with Gasteiger partial charge in [-0.2, -0.15) is 0 Å². The molecule has 2 aliphatic rings. The summed E-state index contributed by atoms with van der Waals surface area (Å²) in [5, 5.41) is 0. The van der Waals surface area contributed by atoms with Crippen LogP contribution < -0.4 is 14.4 Å². The van der Waals surface area contributed by atoms with Gasteiger partial charge >= 0.3 is 0 Å². The zero-order valence-electron chi connectivity index (χ0n) is 18.1. The average molecular weight is 437 g/mol. The SMILES string of the molecule is COc1ccc(OC)c(SN2CCCC23CCN(c2cnc4ccccc4n2)CC3)c1. The largest absolute Gasteiger partial charge is 0.497 e. The van der Waals surface area contributed by atoms with E-state index in [1.165, 1.54) is 12.8 Å². The molecule has 0 aliphatic carbocycles. The van der Waals surface area contributed by atoms with Gasteiger partial charge in [0.25, 0.3) is 0 Å². The molecule has 1 aromatic heterocycles. The normalized spacial score (nSPS) is 18.6. The van der Waals surface area contributed by atoms with Crippen molar-refractivity contribution < 1.29 is 9.47 Å². The molecule has 0 saturated carbocycles. The number of aromatic nitrogens is 2. The Morgan fingerprint density at radius 1 is 0.935 bits per heavy atom. The fourth-order valence-corrected chi connectivity index (χ4v) is 6.12. The number of fused-ring (bicyclic) bond motifs is 1. The van der Waals surface area contributed by atoms with Crippen molar-refractivity contribution in [1.29, 1.82) is 0 Å². The van der Waals surface area contributed by atoms with E-state index in [-0.39, 0.29) is 5.54 Å². The molecule has 3 aromatic rings. The minimum Gasteiger partial charge on any atom is -0.497 e. The van der Waals surface area contributed by atoms with E-state index in [9.17, 15) is 0 Å². The van der Waals surface area contributed by atoms with Gasteiger partial charge in [0.2, 0.25) is 0 Å². The molecule has 0 bridgehead atoms. The second kappa shape index (κ2) is 8.55. The van der Waals surface area contributed by atoms with Crippen molar-refractivity contribution in [3.8, 4) is 11.5 Å². The summed E-state index contributed by atoms with van der Waals surface area (Å²) >= 11 is 1.82. The maximum atomic E-state index is 5.61. The van der Waals surface area contributed by atoms with E-state index < -0.39 is 0 Å². The summed E-state index contributed by atoms with van der Waals surface area (Å²) in [5.41, 5.74) is 2.13. The Labute approximate surface area is 187 Å². The molecule has 2 saturated heterocycles. The Hall–Kier alpha value is -2.51. The molecule has 1 spiro atoms. The molecule has 6 nitrogen and oxygen atoms in total. The van der Waals surface area contributed by atoms with Gasteiger partial charge in [0.1, 0.15) is 17.3 Å². The van der Waals surface area contributed by atoms with Crippen LogP contribution in [0.3, 0.4) is 0 Å². The molecule has 0 unspecified atom stereocenters. The molecule has 0 amide bonds. The number of benzene rings is 2. The number of para-hydroxylation sites is 2. The molecular weight excluding hydrogens is 408 g/mol. The minimum atomic E-state index is 0.222. The van der Waals surface area contributed by atoms with Crippen molar-refractivity contribution in [2.45, 2.75) is 36.1 Å². The zero-order chi connectivity index (χ0) is 21.3. The third-order valence-corrected chi connectivity index (χ3v) is 7.87. The van der Waals surface area contributed by atoms with Gasteiger partial charge in [-0.05, 0) is 68.0 Å². The van der Waals surface area contributed by atoms with Crippen molar-refractivity contribution in [2.75, 3.05) is 38.8 Å². The fourth-order valence-electron chi connectivity index (χ4n) is 4.78. The first-order valence-electron chi connectivity index (χ1n) is 10.9. The summed E-state index contributed by atoms with van der Waals surface area (Å²) in [7, 11) is 3.44. The van der Waals surface area contributed by atoms with Gasteiger partial charge in [0.05, 0.1) is 36.3 Å². The fraction of sp³-hybridized carbons (Fsp3) is 0.417. The molecule has 162 valence electrons. The van der Waals surface area contributed by atoms with Gasteiger partial charge in [0, 0.05) is 25.2 Å². The Morgan fingerprint density at radius 3 is 2.52 bits per heavy atom. The van der Waals surface area contributed by atoms with Gasteiger partial charge < -0.3 is 14.4 Å². The standard InChI is InChI=1S/C24H28N4O2S/c1-29-18-8-9-21(30-2)22(16-18)31-28-13-5-10-24(28)11-14-27(15-12-24)23-17-25-19-6-3-4-7-20(19)26-23/h3-4,6-9,16-17H,5,10-15H2,1-2H3. The first kappa shape index (κ1) is 20.4. The second-order valence-electron chi connectivity index (χ2n) is 8.24. The number of methoxy groups -OCH3 is 2. The number of rotatable bonds is 5. The van der Waals surface area contributed by atoms with Crippen molar-refractivity contribution in [1.82, 2.24) is 14.3 Å². The predicted octanol–water partition coefficient (Wildman–Crippen LogP) is 4.79. The molecule has 2 fully saturated rings. The topological polar surface area (TPSA) is 50.7 Å². The molecule has 0 atom stereocenters. The molecule has 0 N–H and O–H groups in total. The molecule has 7 heteroatoms. The Bertz CT molecular complexity index is 1070. The van der Waals surface area contributed by atoms with Crippen LogP contribution >= 0.6 is 11.9 Å². The van der Waals surface area contributed by atoms with Crippen LogP contribution in [-0.2, 0) is 0 Å². The van der Waals surface area contributed by atoms with E-state index in [2.05, 4.69) is 20.3 Å². The van der Waals surface area contributed by atoms with Crippen LogP contribution in [0.5, 0.6) is 11.5 Å². The highest BCUT2D eigenvalue weighted by atomic mass is 32.2. The lowest BCUT2D eigenvalue weighted by atomic mass is 9.86. The number of ether oxygens (including phenoxy) is 2. The summed E-state index contributed by atoms with van der Waals surface area (Å²) in [6.07, 6.45) is 6.64. The third kappa shape index (κ3) is 3.92. The van der Waals surface area contributed by atoms with Gasteiger partial charge in [-0.25, -0.2) is 9.29 Å². The van der Waals surface area contributed by atoms with Crippen molar-refractivity contribution in [3.05, 3.63) is 48.7 Å². The van der Waals surface area contributed by atoms with Crippen LogP contribution in [0.2, 0.25) is 0 Å². The van der Waals surface area contributed by atoms with Gasteiger partial charge in [-0.15, -0.1) is 0 Å². The van der Waals surface area contributed by atoms with Crippen LogP contribution in [-0.4, -0.2) is 53.7 Å². The zero-order valence-corrected chi connectivity index (χ0v) is 18.9. The second-order valence-corrected chi connectivity index (χ2v) is 9.31. The van der Waals surface area contributed by atoms with Crippen LogP contribution in [0.1, 0.15) is 25.7 Å². The van der Waals surface area contributed by atoms with Crippen molar-refractivity contribution in [3.63, 3.8) is 0 Å². The lowest BCUT2D eigenvalue weighted by molar-refractivity contribution is 0.206. The number of hydrogen-bond acceptors (Lipinski definition) is 7. The minimum absolute atomic E-state index is 0.222. The number of anilines is 1. The summed E-state index contributed by atoms with van der Waals surface area (Å²) < 4.78 is 13.6. The molecule has 2 aromatic carbocycles. The Kier molecular flexibility index (Phi) is 5.63. The lowest BCUT2D eigenvalue weighted by Gasteiger charge is -2.44. The highest BCUT2D eigenvalue weighted by Gasteiger charge is 2.44. The smallest absolute Gasteiger partial charge is 0.147 e. The van der Waals surface area contributed by atoms with E-state index >= 15 is 0 Å². The highest BCUT2D eigenvalue weighted by Crippen LogP contribution is 2.47. The molecule has 31 heavy (non-hydrogen) atoms. The number of piperidine rings is 1. The first-order chi connectivity index (χ1) is 15.2. The summed E-state index contributed by atoms with van der Waals surface area (Å²) in [6.45, 7) is 3.10. The first-order valence-corrected chi connectivity index (χ1v) is 11.6. The van der Waals surface area contributed by atoms with Gasteiger partial charge in [-0.1, -0.05) is 12.1 Å². The van der Waals surface area contributed by atoms with E-state index in [0.29, 0.717) is 0 Å². The highest BCUT2D eigenvalue weighted by molar-refractivity contribution is 7.97. The van der Waals surface area contributed by atoms with Crippen molar-refractivity contribution in [2.24, 2.45) is 0 Å². The molecule has 3 heterocycles. The molecule has 5 rings (SSSR count). The van der Waals surface area contributed by atoms with Crippen LogP contribution in [0.15, 0.2) is 53.6 Å². The summed E-state index contributed by atoms with van der Waals surface area (Å²) in [4.78, 5) is 13.0. The van der Waals surface area contributed by atoms with Crippen LogP contribution in [0.4, 0.5) is 5.82 Å². The Morgan fingerprint density at radius 2 is 1.74 bits per heavy atom. The molecular formula is C24H28N4O2S. The van der Waals surface area contributed by atoms with E-state index in [4.69, 9.17) is 14.5 Å². The molecule has 0 radical (unpaired) electrons. The maximum Gasteiger partial charge on any atom is 0.147 e. The van der Waals surface area contributed by atoms with E-state index in [1.54, 1.807) is 14.2 Å². The van der Waals surface area contributed by atoms with Gasteiger partial charge in [-0.3, -0.25) is 4.98 Å². The quantitative estimate of drug-likeness (QED) is 0.533. The molecule has 2 aliphatic heterocycles. The van der Waals surface area contributed by atoms with Crippen LogP contribution in [0.25, 0.3) is 11.0 Å². The summed E-state index contributed by atoms with van der Waals surface area (Å²) in [6, 6.07) is 14.1. The predicted molar refractivity (Wildman–Crippen MR) is 125 cm³/mol. The van der Waals surface area contributed by atoms with Crippen LogP contribution in [0, 0.1) is 0 Å². The average Bonchev–Trinajstić information content (AvgIpc) is 3.20.